The number of halogens is 1. The number of amides is 1. The lowest BCUT2D eigenvalue weighted by Crippen LogP contribution is -2.15. The minimum absolute atomic E-state index is 0.113. The number of aromatic amines is 1. The summed E-state index contributed by atoms with van der Waals surface area (Å²) >= 11 is 1.13. The minimum atomic E-state index is -0.329. The number of carbonyl (C=O) groups excluding carboxylic acids is 1. The van der Waals surface area contributed by atoms with Gasteiger partial charge < -0.3 is 0 Å². The summed E-state index contributed by atoms with van der Waals surface area (Å²) in [6.07, 6.45) is 1.29. The third-order valence-electron chi connectivity index (χ3n) is 1.87. The highest BCUT2D eigenvalue weighted by Gasteiger charge is 2.07. The van der Waals surface area contributed by atoms with Gasteiger partial charge in [0, 0.05) is 4.90 Å². The van der Waals surface area contributed by atoms with Crippen molar-refractivity contribution in [2.45, 2.75) is 4.90 Å². The molecule has 0 fully saturated rings. The van der Waals surface area contributed by atoms with Crippen molar-refractivity contribution < 1.29 is 9.18 Å². The van der Waals surface area contributed by atoms with Crippen LogP contribution in [0.25, 0.3) is 0 Å². The summed E-state index contributed by atoms with van der Waals surface area (Å²) in [6, 6.07) is 6.31. The molecule has 0 spiro atoms. The van der Waals surface area contributed by atoms with Gasteiger partial charge in [0.05, 0.1) is 5.75 Å². The van der Waals surface area contributed by atoms with Gasteiger partial charge in [0.1, 0.15) is 12.1 Å². The summed E-state index contributed by atoms with van der Waals surface area (Å²) in [5.74, 6) is -0.203. The summed E-state index contributed by atoms with van der Waals surface area (Å²) in [5, 5.41) is 8.59. The third kappa shape index (κ3) is 3.28. The van der Waals surface area contributed by atoms with Crippen molar-refractivity contribution in [1.82, 2.24) is 15.2 Å². The molecule has 0 radical (unpaired) electrons. The Labute approximate surface area is 101 Å². The van der Waals surface area contributed by atoms with Crippen LogP contribution in [-0.4, -0.2) is 26.8 Å². The molecule has 2 aromatic rings. The predicted molar refractivity (Wildman–Crippen MR) is 62.1 cm³/mol. The fourth-order valence-electron chi connectivity index (χ4n) is 1.14. The topological polar surface area (TPSA) is 70.7 Å². The maximum Gasteiger partial charge on any atom is 0.237 e. The lowest BCUT2D eigenvalue weighted by molar-refractivity contribution is -0.113. The molecule has 1 amide bonds. The summed E-state index contributed by atoms with van der Waals surface area (Å²) in [4.78, 5) is 15.6. The van der Waals surface area contributed by atoms with E-state index in [0.717, 1.165) is 11.8 Å². The maximum absolute atomic E-state index is 13.2. The summed E-state index contributed by atoms with van der Waals surface area (Å²) in [5.41, 5.74) is 0. The first-order valence-corrected chi connectivity index (χ1v) is 5.77. The maximum atomic E-state index is 13.2. The van der Waals surface area contributed by atoms with E-state index in [0.29, 0.717) is 4.90 Å². The highest BCUT2D eigenvalue weighted by molar-refractivity contribution is 8.00. The average molecular weight is 252 g/mol. The van der Waals surface area contributed by atoms with Gasteiger partial charge in [0.25, 0.3) is 0 Å². The number of hydrogen-bond acceptors (Lipinski definition) is 4. The summed E-state index contributed by atoms with van der Waals surface area (Å²) in [7, 11) is 0. The summed E-state index contributed by atoms with van der Waals surface area (Å²) in [6.45, 7) is 0. The smallest absolute Gasteiger partial charge is 0.237 e. The van der Waals surface area contributed by atoms with E-state index in [1.807, 2.05) is 0 Å². The number of H-pyrrole nitrogens is 1. The molecule has 2 N–H and O–H groups in total. The first-order valence-electron chi connectivity index (χ1n) is 4.78. The molecule has 2 rings (SSSR count). The molecule has 0 atom stereocenters. The fourth-order valence-corrected chi connectivity index (χ4v) is 1.88. The highest BCUT2D eigenvalue weighted by Crippen LogP contribution is 2.20. The van der Waals surface area contributed by atoms with E-state index in [-0.39, 0.29) is 23.4 Å². The van der Waals surface area contributed by atoms with Gasteiger partial charge in [-0.15, -0.1) is 11.8 Å². The first kappa shape index (κ1) is 11.6. The van der Waals surface area contributed by atoms with Crippen LogP contribution in [0.15, 0.2) is 35.5 Å². The lowest BCUT2D eigenvalue weighted by Gasteiger charge is -2.02. The number of nitrogens with zero attached hydrogens (tertiary/aromatic N) is 2. The van der Waals surface area contributed by atoms with Crippen LogP contribution in [0, 0.1) is 5.82 Å². The molecule has 0 unspecified atom stereocenters. The molecule has 5 nitrogen and oxygen atoms in total. The van der Waals surface area contributed by atoms with E-state index in [1.165, 1.54) is 12.4 Å². The molecule has 0 aliphatic carbocycles. The Morgan fingerprint density at radius 3 is 3.00 bits per heavy atom. The van der Waals surface area contributed by atoms with Gasteiger partial charge in [-0.25, -0.2) is 9.49 Å². The number of hydrogen-bond donors (Lipinski definition) is 2. The Kier molecular flexibility index (Phi) is 3.71. The van der Waals surface area contributed by atoms with Gasteiger partial charge in [-0.1, -0.05) is 12.1 Å². The number of rotatable bonds is 4. The van der Waals surface area contributed by atoms with Gasteiger partial charge in [0.2, 0.25) is 11.9 Å². The Morgan fingerprint density at radius 1 is 1.47 bits per heavy atom. The van der Waals surface area contributed by atoms with E-state index < -0.39 is 0 Å². The van der Waals surface area contributed by atoms with Gasteiger partial charge in [-0.2, -0.15) is 10.1 Å². The zero-order chi connectivity index (χ0) is 12.1. The van der Waals surface area contributed by atoms with Crippen LogP contribution in [0.4, 0.5) is 10.3 Å². The zero-order valence-electron chi connectivity index (χ0n) is 8.68. The van der Waals surface area contributed by atoms with E-state index in [9.17, 15) is 9.18 Å². The molecule has 0 saturated carbocycles. The number of nitrogens with one attached hydrogen (secondary N) is 2. The molecule has 7 heteroatoms. The van der Waals surface area contributed by atoms with Crippen LogP contribution >= 0.6 is 11.8 Å². The lowest BCUT2D eigenvalue weighted by atomic mass is 10.3. The van der Waals surface area contributed by atoms with Crippen LogP contribution < -0.4 is 5.32 Å². The van der Waals surface area contributed by atoms with E-state index in [1.54, 1.807) is 18.2 Å². The number of thioether (sulfide) groups is 1. The molecule has 0 aliphatic rings. The van der Waals surface area contributed by atoms with Crippen molar-refractivity contribution in [2.24, 2.45) is 0 Å². The Hall–Kier alpha value is -1.89. The van der Waals surface area contributed by atoms with Crippen LogP contribution in [0.2, 0.25) is 0 Å². The molecule has 0 saturated heterocycles. The predicted octanol–water partition coefficient (Wildman–Crippen LogP) is 1.67. The molecule has 1 aromatic heterocycles. The SMILES string of the molecule is O=C(CSc1ccccc1F)Nc1ncn[nH]1. The molecule has 17 heavy (non-hydrogen) atoms. The second-order valence-corrected chi connectivity index (χ2v) is 4.12. The van der Waals surface area contributed by atoms with Gasteiger partial charge in [-0.3, -0.25) is 10.1 Å². The van der Waals surface area contributed by atoms with Crippen molar-refractivity contribution in [1.29, 1.82) is 0 Å². The molecule has 0 aliphatic heterocycles. The Balaban J connectivity index is 1.86. The monoisotopic (exact) mass is 252 g/mol. The molecule has 0 bridgehead atoms. The molecule has 1 aromatic carbocycles. The second-order valence-electron chi connectivity index (χ2n) is 3.10. The van der Waals surface area contributed by atoms with Crippen LogP contribution in [-0.2, 0) is 4.79 Å². The average Bonchev–Trinajstić information content (AvgIpc) is 2.81. The molecule has 1 heterocycles. The fraction of sp³-hybridized carbons (Fsp3) is 0.100. The van der Waals surface area contributed by atoms with Crippen molar-refractivity contribution in [3.8, 4) is 0 Å². The molecule has 88 valence electrons. The Morgan fingerprint density at radius 2 is 2.29 bits per heavy atom. The summed E-state index contributed by atoms with van der Waals surface area (Å²) < 4.78 is 13.2. The number of carbonyl (C=O) groups is 1. The van der Waals surface area contributed by atoms with Crippen molar-refractivity contribution in [2.75, 3.05) is 11.1 Å². The first-order chi connectivity index (χ1) is 8.25. The number of aromatic nitrogens is 3. The highest BCUT2D eigenvalue weighted by atomic mass is 32.2. The Bertz CT molecular complexity index is 503. The van der Waals surface area contributed by atoms with Gasteiger partial charge >= 0.3 is 0 Å². The number of anilines is 1. The normalized spacial score (nSPS) is 10.2. The third-order valence-corrected chi connectivity index (χ3v) is 2.92. The number of benzene rings is 1. The van der Waals surface area contributed by atoms with Gasteiger partial charge in [0.15, 0.2) is 0 Å². The molecular weight excluding hydrogens is 243 g/mol. The van der Waals surface area contributed by atoms with E-state index in [4.69, 9.17) is 0 Å². The van der Waals surface area contributed by atoms with Gasteiger partial charge in [-0.05, 0) is 12.1 Å². The quantitative estimate of drug-likeness (QED) is 0.812. The molecular formula is C10H9FN4OS. The van der Waals surface area contributed by atoms with E-state index in [2.05, 4.69) is 20.5 Å². The standard InChI is InChI=1S/C10H9FN4OS/c11-7-3-1-2-4-8(7)17-5-9(16)14-10-12-6-13-15-10/h1-4,6H,5H2,(H2,12,13,14,15,16). The van der Waals surface area contributed by atoms with Crippen LogP contribution in [0.3, 0.4) is 0 Å². The second kappa shape index (κ2) is 5.44. The van der Waals surface area contributed by atoms with Crippen LogP contribution in [0.5, 0.6) is 0 Å². The van der Waals surface area contributed by atoms with Crippen molar-refractivity contribution in [3.05, 3.63) is 36.4 Å². The minimum Gasteiger partial charge on any atom is -0.294 e. The van der Waals surface area contributed by atoms with Crippen molar-refractivity contribution >= 4 is 23.6 Å². The largest absolute Gasteiger partial charge is 0.294 e. The van der Waals surface area contributed by atoms with Crippen molar-refractivity contribution in [3.63, 3.8) is 0 Å². The zero-order valence-corrected chi connectivity index (χ0v) is 9.50. The van der Waals surface area contributed by atoms with Crippen LogP contribution in [0.1, 0.15) is 0 Å². The van der Waals surface area contributed by atoms with E-state index >= 15 is 0 Å².